The highest BCUT2D eigenvalue weighted by molar-refractivity contribution is 5.37. The quantitative estimate of drug-likeness (QED) is 0.146. The second kappa shape index (κ2) is 19.3. The Labute approximate surface area is 145 Å². The van der Waals surface area contributed by atoms with Crippen molar-refractivity contribution in [3.05, 3.63) is 12.7 Å². The fraction of sp³-hybridized carbons (Fsp3) is 0.857. The van der Waals surface area contributed by atoms with Crippen LogP contribution in [0.25, 0.3) is 0 Å². The lowest BCUT2D eigenvalue weighted by Crippen LogP contribution is -2.12. The lowest BCUT2D eigenvalue weighted by Gasteiger charge is -2.15. The topological polar surface area (TPSA) is 26.3 Å². The zero-order chi connectivity index (χ0) is 17.0. The second-order valence-corrected chi connectivity index (χ2v) is 6.75. The van der Waals surface area contributed by atoms with Crippen molar-refractivity contribution in [2.75, 3.05) is 0 Å². The average molecular weight is 325 g/mol. The van der Waals surface area contributed by atoms with Gasteiger partial charge in [-0.3, -0.25) is 4.79 Å². The van der Waals surface area contributed by atoms with Crippen LogP contribution >= 0.6 is 0 Å². The minimum absolute atomic E-state index is 0.156. The lowest BCUT2D eigenvalue weighted by atomic mass is 10.0. The largest absolute Gasteiger partial charge is 0.465 e. The third kappa shape index (κ3) is 17.4. The number of carbonyl (C=O) groups is 1. The van der Waals surface area contributed by atoms with Crippen LogP contribution in [0.4, 0.5) is 0 Å². The summed E-state index contributed by atoms with van der Waals surface area (Å²) < 4.78 is 5.26. The summed E-state index contributed by atoms with van der Waals surface area (Å²) in [5, 5.41) is 0. The van der Waals surface area contributed by atoms with Crippen molar-refractivity contribution >= 4 is 6.47 Å². The number of hydrogen-bond acceptors (Lipinski definition) is 2. The number of hydrogen-bond donors (Lipinski definition) is 0. The first kappa shape index (κ1) is 22.2. The van der Waals surface area contributed by atoms with E-state index in [1.165, 1.54) is 83.5 Å². The minimum atomic E-state index is 0.156. The van der Waals surface area contributed by atoms with E-state index < -0.39 is 0 Å². The third-order valence-electron chi connectivity index (χ3n) is 4.56. The van der Waals surface area contributed by atoms with Gasteiger partial charge in [0.25, 0.3) is 6.47 Å². The zero-order valence-corrected chi connectivity index (χ0v) is 15.6. The van der Waals surface area contributed by atoms with Crippen LogP contribution in [0.15, 0.2) is 12.7 Å². The number of unbranched alkanes of at least 4 members (excludes halogenated alkanes) is 12. The van der Waals surface area contributed by atoms with Crippen LogP contribution in [0, 0.1) is 0 Å². The Bertz CT molecular complexity index is 250. The maximum atomic E-state index is 10.6. The van der Waals surface area contributed by atoms with Crippen molar-refractivity contribution in [1.29, 1.82) is 0 Å². The molecular weight excluding hydrogens is 284 g/mol. The molecule has 0 aliphatic heterocycles. The minimum Gasteiger partial charge on any atom is -0.465 e. The molecule has 0 amide bonds. The molecule has 0 saturated carbocycles. The number of allylic oxidation sites excluding steroid dienone is 1. The summed E-state index contributed by atoms with van der Waals surface area (Å²) in [6.07, 6.45) is 22.3. The molecule has 0 spiro atoms. The van der Waals surface area contributed by atoms with Gasteiger partial charge in [-0.1, -0.05) is 77.2 Å². The molecule has 0 aromatic carbocycles. The molecule has 136 valence electrons. The highest BCUT2D eigenvalue weighted by Crippen LogP contribution is 2.16. The number of carbonyl (C=O) groups excluding carboxylic acids is 1. The molecule has 1 atom stereocenters. The Morgan fingerprint density at radius 1 is 0.783 bits per heavy atom. The van der Waals surface area contributed by atoms with Gasteiger partial charge < -0.3 is 4.74 Å². The number of rotatable bonds is 19. The van der Waals surface area contributed by atoms with Crippen LogP contribution in [0.3, 0.4) is 0 Å². The van der Waals surface area contributed by atoms with E-state index in [1.807, 2.05) is 6.08 Å². The SMILES string of the molecule is C=CCCCCCCCCC(CCCCCCCCC)OC=O. The van der Waals surface area contributed by atoms with Crippen LogP contribution in [0.1, 0.15) is 110 Å². The van der Waals surface area contributed by atoms with Gasteiger partial charge in [0, 0.05) is 0 Å². The van der Waals surface area contributed by atoms with Crippen LogP contribution in [0.2, 0.25) is 0 Å². The molecule has 0 N–H and O–H groups in total. The molecule has 1 unspecified atom stereocenters. The summed E-state index contributed by atoms with van der Waals surface area (Å²) in [6.45, 7) is 6.64. The second-order valence-electron chi connectivity index (χ2n) is 6.75. The summed E-state index contributed by atoms with van der Waals surface area (Å²) in [5.74, 6) is 0. The van der Waals surface area contributed by atoms with Crippen LogP contribution in [0.5, 0.6) is 0 Å². The molecular formula is C21H40O2. The highest BCUT2D eigenvalue weighted by Gasteiger charge is 2.08. The summed E-state index contributed by atoms with van der Waals surface area (Å²) >= 11 is 0. The van der Waals surface area contributed by atoms with Gasteiger partial charge in [0.1, 0.15) is 6.10 Å². The first-order valence-corrected chi connectivity index (χ1v) is 10.0. The summed E-state index contributed by atoms with van der Waals surface area (Å²) in [7, 11) is 0. The first-order chi connectivity index (χ1) is 11.3. The molecule has 0 bridgehead atoms. The van der Waals surface area contributed by atoms with E-state index in [2.05, 4.69) is 13.5 Å². The zero-order valence-electron chi connectivity index (χ0n) is 15.6. The first-order valence-electron chi connectivity index (χ1n) is 10.0. The molecule has 0 aliphatic rings. The monoisotopic (exact) mass is 324 g/mol. The van der Waals surface area contributed by atoms with E-state index in [-0.39, 0.29) is 6.10 Å². The normalized spacial score (nSPS) is 12.0. The third-order valence-corrected chi connectivity index (χ3v) is 4.56. The molecule has 0 fully saturated rings. The van der Waals surface area contributed by atoms with Crippen LogP contribution in [-0.2, 0) is 9.53 Å². The molecule has 0 saturated heterocycles. The van der Waals surface area contributed by atoms with Gasteiger partial charge in [0.2, 0.25) is 0 Å². The Morgan fingerprint density at radius 3 is 1.74 bits per heavy atom. The van der Waals surface area contributed by atoms with Gasteiger partial charge >= 0.3 is 0 Å². The van der Waals surface area contributed by atoms with Gasteiger partial charge in [-0.05, 0) is 38.5 Å². The van der Waals surface area contributed by atoms with E-state index in [0.717, 1.165) is 19.3 Å². The molecule has 2 heteroatoms. The molecule has 0 heterocycles. The molecule has 23 heavy (non-hydrogen) atoms. The fourth-order valence-corrected chi connectivity index (χ4v) is 3.06. The van der Waals surface area contributed by atoms with E-state index in [4.69, 9.17) is 4.74 Å². The summed E-state index contributed by atoms with van der Waals surface area (Å²) in [5.41, 5.74) is 0. The van der Waals surface area contributed by atoms with Crippen LogP contribution < -0.4 is 0 Å². The van der Waals surface area contributed by atoms with Crippen molar-refractivity contribution in [2.45, 2.75) is 116 Å². The van der Waals surface area contributed by atoms with E-state index >= 15 is 0 Å². The fourth-order valence-electron chi connectivity index (χ4n) is 3.06. The van der Waals surface area contributed by atoms with Gasteiger partial charge in [0.05, 0.1) is 0 Å². The van der Waals surface area contributed by atoms with E-state index in [0.29, 0.717) is 6.47 Å². The molecule has 0 aromatic rings. The predicted molar refractivity (Wildman–Crippen MR) is 101 cm³/mol. The van der Waals surface area contributed by atoms with Crippen LogP contribution in [-0.4, -0.2) is 12.6 Å². The molecule has 0 rings (SSSR count). The van der Waals surface area contributed by atoms with Gasteiger partial charge in [0.15, 0.2) is 0 Å². The Balaban J connectivity index is 3.47. The van der Waals surface area contributed by atoms with E-state index in [1.54, 1.807) is 0 Å². The summed E-state index contributed by atoms with van der Waals surface area (Å²) in [4.78, 5) is 10.6. The van der Waals surface area contributed by atoms with Crippen molar-refractivity contribution < 1.29 is 9.53 Å². The molecule has 2 nitrogen and oxygen atoms in total. The standard InChI is InChI=1S/C21H40O2/c1-3-5-7-9-11-13-15-17-19-21(23-20-22)18-16-14-12-10-8-6-4-2/h3,20-21H,1,4-19H2,2H3. The molecule has 0 aromatic heterocycles. The lowest BCUT2D eigenvalue weighted by molar-refractivity contribution is -0.134. The Morgan fingerprint density at radius 2 is 1.26 bits per heavy atom. The molecule has 0 radical (unpaired) electrons. The highest BCUT2D eigenvalue weighted by atomic mass is 16.5. The Hall–Kier alpha value is -0.790. The Kier molecular flexibility index (Phi) is 18.6. The van der Waals surface area contributed by atoms with Crippen molar-refractivity contribution in [3.8, 4) is 0 Å². The van der Waals surface area contributed by atoms with Crippen molar-refractivity contribution in [2.24, 2.45) is 0 Å². The smallest absolute Gasteiger partial charge is 0.293 e. The van der Waals surface area contributed by atoms with Gasteiger partial charge in [-0.2, -0.15) is 0 Å². The van der Waals surface area contributed by atoms with Crippen molar-refractivity contribution in [3.63, 3.8) is 0 Å². The predicted octanol–water partition coefficient (Wildman–Crippen LogP) is 6.98. The number of ether oxygens (including phenoxy) is 1. The van der Waals surface area contributed by atoms with Crippen molar-refractivity contribution in [1.82, 2.24) is 0 Å². The van der Waals surface area contributed by atoms with Gasteiger partial charge in [-0.15, -0.1) is 6.58 Å². The maximum absolute atomic E-state index is 10.6. The summed E-state index contributed by atoms with van der Waals surface area (Å²) in [6, 6.07) is 0. The van der Waals surface area contributed by atoms with E-state index in [9.17, 15) is 4.79 Å². The average Bonchev–Trinajstić information content (AvgIpc) is 2.56. The van der Waals surface area contributed by atoms with Gasteiger partial charge in [-0.25, -0.2) is 0 Å². The maximum Gasteiger partial charge on any atom is 0.293 e. The molecule has 0 aliphatic carbocycles.